The van der Waals surface area contributed by atoms with E-state index in [0.717, 1.165) is 30.4 Å². The Morgan fingerprint density at radius 3 is 2.50 bits per heavy atom. The lowest BCUT2D eigenvalue weighted by Gasteiger charge is -2.45. The van der Waals surface area contributed by atoms with E-state index in [1.54, 1.807) is 19.1 Å². The van der Waals surface area contributed by atoms with E-state index in [0.29, 0.717) is 17.0 Å². The molecule has 4 rings (SSSR count). The zero-order chi connectivity index (χ0) is 20.1. The first-order valence-electron chi connectivity index (χ1n) is 9.91. The molecule has 1 spiro atoms. The van der Waals surface area contributed by atoms with Gasteiger partial charge in [-0.15, -0.1) is 0 Å². The molecule has 0 aromatic heterocycles. The van der Waals surface area contributed by atoms with Gasteiger partial charge in [0.2, 0.25) is 5.79 Å². The maximum absolute atomic E-state index is 10.7. The largest absolute Gasteiger partial charge is 0.388 e. The lowest BCUT2D eigenvalue weighted by molar-refractivity contribution is -0.362. The number of hydrogen-bond acceptors (Lipinski definition) is 5. The van der Waals surface area contributed by atoms with Crippen LogP contribution < -0.4 is 0 Å². The lowest BCUT2D eigenvalue weighted by atomic mass is 9.85. The second-order valence-corrected chi connectivity index (χ2v) is 8.34. The van der Waals surface area contributed by atoms with E-state index in [1.165, 1.54) is 11.1 Å². The number of aliphatic hydroxyl groups excluding tert-OH is 3. The summed E-state index contributed by atoms with van der Waals surface area (Å²) in [5, 5.41) is 31.7. The minimum atomic E-state index is -1.48. The number of hydrogen-bond donors (Lipinski definition) is 3. The van der Waals surface area contributed by atoms with Gasteiger partial charge in [-0.25, -0.2) is 0 Å². The maximum atomic E-state index is 10.7. The predicted molar refractivity (Wildman–Crippen MR) is 106 cm³/mol. The van der Waals surface area contributed by atoms with E-state index in [4.69, 9.17) is 21.1 Å². The molecule has 3 N–H and O–H groups in total. The van der Waals surface area contributed by atoms with Crippen LogP contribution in [0.15, 0.2) is 35.4 Å². The molecule has 0 amide bonds. The van der Waals surface area contributed by atoms with Gasteiger partial charge in [0.25, 0.3) is 0 Å². The van der Waals surface area contributed by atoms with Crippen molar-refractivity contribution in [1.29, 1.82) is 0 Å². The van der Waals surface area contributed by atoms with Crippen molar-refractivity contribution in [3.8, 4) is 0 Å². The van der Waals surface area contributed by atoms with Crippen LogP contribution in [0.5, 0.6) is 0 Å². The Kier molecular flexibility index (Phi) is 5.42. The van der Waals surface area contributed by atoms with Crippen molar-refractivity contribution >= 4 is 11.6 Å². The SMILES string of the molecule is CCC1=CC=C(Cc2c(Cl)ccc3c2COC32OC(C)C(O)C(O)C2O)CC1. The van der Waals surface area contributed by atoms with Crippen LogP contribution in [0.1, 0.15) is 49.8 Å². The number of aliphatic hydroxyl groups is 3. The van der Waals surface area contributed by atoms with Gasteiger partial charge in [0, 0.05) is 10.6 Å². The Morgan fingerprint density at radius 1 is 1.11 bits per heavy atom. The van der Waals surface area contributed by atoms with Gasteiger partial charge in [-0.1, -0.05) is 47.9 Å². The van der Waals surface area contributed by atoms with Gasteiger partial charge in [0.1, 0.15) is 18.3 Å². The van der Waals surface area contributed by atoms with E-state index in [9.17, 15) is 15.3 Å². The summed E-state index contributed by atoms with van der Waals surface area (Å²) in [5.74, 6) is -1.48. The van der Waals surface area contributed by atoms with Crippen molar-refractivity contribution in [2.24, 2.45) is 0 Å². The Hall–Kier alpha value is -1.21. The first kappa shape index (κ1) is 20.1. The van der Waals surface area contributed by atoms with Crippen LogP contribution >= 0.6 is 11.6 Å². The van der Waals surface area contributed by atoms with E-state index in [-0.39, 0.29) is 6.61 Å². The number of fused-ring (bicyclic) bond motifs is 2. The third-order valence-electron chi connectivity index (χ3n) is 6.26. The van der Waals surface area contributed by atoms with Gasteiger partial charge in [-0.2, -0.15) is 0 Å². The van der Waals surface area contributed by atoms with E-state index < -0.39 is 30.2 Å². The van der Waals surface area contributed by atoms with Crippen LogP contribution in [-0.4, -0.2) is 39.7 Å². The Morgan fingerprint density at radius 2 is 1.82 bits per heavy atom. The van der Waals surface area contributed by atoms with Crippen LogP contribution in [0.3, 0.4) is 0 Å². The summed E-state index contributed by atoms with van der Waals surface area (Å²) < 4.78 is 11.9. The molecule has 5 nitrogen and oxygen atoms in total. The zero-order valence-corrected chi connectivity index (χ0v) is 16.9. The summed E-state index contributed by atoms with van der Waals surface area (Å²) in [4.78, 5) is 0. The van der Waals surface area contributed by atoms with Crippen molar-refractivity contribution in [2.45, 2.75) is 76.3 Å². The monoisotopic (exact) mass is 406 g/mol. The number of halogens is 1. The Balaban J connectivity index is 1.70. The van der Waals surface area contributed by atoms with Gasteiger partial charge >= 0.3 is 0 Å². The minimum Gasteiger partial charge on any atom is -0.388 e. The summed E-state index contributed by atoms with van der Waals surface area (Å²) in [6.45, 7) is 4.07. The van der Waals surface area contributed by atoms with Crippen molar-refractivity contribution in [2.75, 3.05) is 0 Å². The van der Waals surface area contributed by atoms with Crippen LogP contribution in [0.25, 0.3) is 0 Å². The molecule has 5 atom stereocenters. The van der Waals surface area contributed by atoms with Gasteiger partial charge < -0.3 is 24.8 Å². The second-order valence-electron chi connectivity index (χ2n) is 7.94. The quantitative estimate of drug-likeness (QED) is 0.718. The minimum absolute atomic E-state index is 0.237. The van der Waals surface area contributed by atoms with Crippen LogP contribution in [0.4, 0.5) is 0 Å². The molecule has 1 saturated heterocycles. The maximum Gasteiger partial charge on any atom is 0.225 e. The highest BCUT2D eigenvalue weighted by Crippen LogP contribution is 2.48. The molecule has 2 aliphatic heterocycles. The average Bonchev–Trinajstić information content (AvgIpc) is 3.07. The van der Waals surface area contributed by atoms with Gasteiger partial charge in [-0.05, 0) is 49.8 Å². The molecule has 1 fully saturated rings. The summed E-state index contributed by atoms with van der Waals surface area (Å²) in [6, 6.07) is 3.58. The van der Waals surface area contributed by atoms with Crippen molar-refractivity contribution in [3.05, 3.63) is 57.1 Å². The number of benzene rings is 1. The average molecular weight is 407 g/mol. The number of allylic oxidation sites excluding steroid dienone is 4. The third-order valence-corrected chi connectivity index (χ3v) is 6.62. The van der Waals surface area contributed by atoms with E-state index >= 15 is 0 Å². The molecule has 0 saturated carbocycles. The fourth-order valence-corrected chi connectivity index (χ4v) is 4.69. The van der Waals surface area contributed by atoms with Gasteiger partial charge in [0.05, 0.1) is 12.7 Å². The smallest absolute Gasteiger partial charge is 0.225 e. The van der Waals surface area contributed by atoms with Crippen molar-refractivity contribution in [3.63, 3.8) is 0 Å². The number of rotatable bonds is 3. The van der Waals surface area contributed by atoms with E-state index in [1.807, 2.05) is 0 Å². The van der Waals surface area contributed by atoms with Gasteiger partial charge in [0.15, 0.2) is 0 Å². The van der Waals surface area contributed by atoms with E-state index in [2.05, 4.69) is 19.1 Å². The molecule has 5 unspecified atom stereocenters. The van der Waals surface area contributed by atoms with Crippen molar-refractivity contribution < 1.29 is 24.8 Å². The molecular weight excluding hydrogens is 380 g/mol. The van der Waals surface area contributed by atoms with Crippen LogP contribution in [0.2, 0.25) is 5.02 Å². The first-order valence-corrected chi connectivity index (χ1v) is 10.3. The molecule has 1 aliphatic carbocycles. The molecule has 152 valence electrons. The molecule has 1 aromatic carbocycles. The highest BCUT2D eigenvalue weighted by atomic mass is 35.5. The molecule has 0 bridgehead atoms. The molecule has 28 heavy (non-hydrogen) atoms. The Bertz CT molecular complexity index is 832. The summed E-state index contributed by atoms with van der Waals surface area (Å²) >= 11 is 6.54. The third kappa shape index (κ3) is 3.15. The predicted octanol–water partition coefficient (Wildman–Crippen LogP) is 3.12. The highest BCUT2D eigenvalue weighted by molar-refractivity contribution is 6.31. The Labute approximate surface area is 170 Å². The summed E-state index contributed by atoms with van der Waals surface area (Å²) in [5.41, 5.74) is 5.31. The fourth-order valence-electron chi connectivity index (χ4n) is 4.44. The van der Waals surface area contributed by atoms with Crippen LogP contribution in [-0.2, 0) is 28.3 Å². The molecule has 3 aliphatic rings. The standard InChI is InChI=1S/C22H27ClO5/c1-3-13-4-6-14(7-5-13)10-15-16-11-27-22(17(16)8-9-18(15)23)21(26)20(25)19(24)12(2)28-22/h4,6,8-9,12,19-21,24-26H,3,5,7,10-11H2,1-2H3. The topological polar surface area (TPSA) is 79.2 Å². The van der Waals surface area contributed by atoms with Gasteiger partial charge in [-0.3, -0.25) is 0 Å². The fraction of sp³-hybridized carbons (Fsp3) is 0.545. The van der Waals surface area contributed by atoms with Crippen LogP contribution in [0, 0.1) is 0 Å². The molecule has 1 aromatic rings. The number of ether oxygens (including phenoxy) is 2. The second kappa shape index (κ2) is 7.56. The summed E-state index contributed by atoms with van der Waals surface area (Å²) in [7, 11) is 0. The summed E-state index contributed by atoms with van der Waals surface area (Å²) in [6.07, 6.45) is 3.64. The molecule has 2 heterocycles. The molecular formula is C22H27ClO5. The molecule has 6 heteroatoms. The highest BCUT2D eigenvalue weighted by Gasteiger charge is 2.57. The first-order chi connectivity index (χ1) is 13.4. The molecule has 0 radical (unpaired) electrons. The lowest BCUT2D eigenvalue weighted by Crippen LogP contribution is -2.61. The zero-order valence-electron chi connectivity index (χ0n) is 16.2. The normalized spacial score (nSPS) is 34.9. The van der Waals surface area contributed by atoms with Crippen molar-refractivity contribution in [1.82, 2.24) is 0 Å².